The van der Waals surface area contributed by atoms with Crippen LogP contribution < -0.4 is 5.32 Å². The van der Waals surface area contributed by atoms with Gasteiger partial charge >= 0.3 is 0 Å². The lowest BCUT2D eigenvalue weighted by Gasteiger charge is -2.15. The smallest absolute Gasteiger partial charge is 0.293 e. The fraction of sp³-hybridized carbons (Fsp3) is 0.200. The number of aliphatic hydroxyl groups is 1. The third-order valence-corrected chi connectivity index (χ3v) is 4.85. The molecule has 1 amide bonds. The van der Waals surface area contributed by atoms with Crippen molar-refractivity contribution in [3.63, 3.8) is 0 Å². The number of carbonyl (C=O) groups is 2. The van der Waals surface area contributed by atoms with Crippen LogP contribution in [0.15, 0.2) is 58.6 Å². The summed E-state index contributed by atoms with van der Waals surface area (Å²) >= 11 is 3.34. The van der Waals surface area contributed by atoms with Crippen LogP contribution in [0.5, 0.6) is 0 Å². The van der Waals surface area contributed by atoms with E-state index in [0.717, 1.165) is 10.0 Å². The third-order valence-electron chi connectivity index (χ3n) is 4.32. The van der Waals surface area contributed by atoms with Crippen molar-refractivity contribution >= 4 is 33.4 Å². The maximum absolute atomic E-state index is 12.3. The highest BCUT2D eigenvalue weighted by Gasteiger charge is 2.39. The molecule has 25 heavy (non-hydrogen) atoms. The highest BCUT2D eigenvalue weighted by molar-refractivity contribution is 9.10. The summed E-state index contributed by atoms with van der Waals surface area (Å²) in [7, 11) is 0. The van der Waals surface area contributed by atoms with Gasteiger partial charge in [-0.1, -0.05) is 66.2 Å². The Morgan fingerprint density at radius 1 is 1.04 bits per heavy atom. The van der Waals surface area contributed by atoms with Gasteiger partial charge in [0, 0.05) is 10.0 Å². The van der Waals surface area contributed by atoms with Gasteiger partial charge in [-0.3, -0.25) is 9.59 Å². The van der Waals surface area contributed by atoms with Crippen molar-refractivity contribution in [1.29, 1.82) is 0 Å². The molecule has 1 saturated heterocycles. The quantitative estimate of drug-likeness (QED) is 0.459. The van der Waals surface area contributed by atoms with Crippen molar-refractivity contribution in [3.8, 4) is 0 Å². The molecule has 1 heterocycles. The van der Waals surface area contributed by atoms with Crippen LogP contribution in [0, 0.1) is 0 Å². The first-order chi connectivity index (χ1) is 11.9. The molecule has 0 unspecified atom stereocenters. The Morgan fingerprint density at radius 2 is 1.64 bits per heavy atom. The van der Waals surface area contributed by atoms with Crippen LogP contribution in [-0.4, -0.2) is 16.8 Å². The molecule has 0 aliphatic carbocycles. The SMILES string of the molecule is CC(C)c1ccc([C@@H]2NC(=O)C(=O)C2=C(O)c2ccc(Br)cc2)cc1. The van der Waals surface area contributed by atoms with Crippen LogP contribution in [0.2, 0.25) is 0 Å². The van der Waals surface area contributed by atoms with Crippen molar-refractivity contribution in [2.75, 3.05) is 0 Å². The van der Waals surface area contributed by atoms with Gasteiger partial charge in [0.25, 0.3) is 11.7 Å². The zero-order valence-electron chi connectivity index (χ0n) is 13.9. The summed E-state index contributed by atoms with van der Waals surface area (Å²) in [5, 5.41) is 13.3. The number of nitrogens with one attached hydrogen (secondary N) is 1. The Kier molecular flexibility index (Phi) is 4.77. The number of Topliss-reactive ketones (excluding diaryl/α,β-unsaturated/α-hetero) is 1. The predicted molar refractivity (Wildman–Crippen MR) is 100 cm³/mol. The number of aliphatic hydroxyl groups excluding tert-OH is 1. The summed E-state index contributed by atoms with van der Waals surface area (Å²) in [6, 6.07) is 14.0. The van der Waals surface area contributed by atoms with Crippen LogP contribution in [0.1, 0.15) is 42.5 Å². The summed E-state index contributed by atoms with van der Waals surface area (Å²) in [4.78, 5) is 24.2. The van der Waals surface area contributed by atoms with Gasteiger partial charge in [-0.15, -0.1) is 0 Å². The second-order valence-corrected chi connectivity index (χ2v) is 7.24. The average molecular weight is 400 g/mol. The number of rotatable bonds is 3. The zero-order chi connectivity index (χ0) is 18.1. The Balaban J connectivity index is 2.05. The molecule has 2 aromatic carbocycles. The number of hydrogen-bond acceptors (Lipinski definition) is 3. The first kappa shape index (κ1) is 17.4. The predicted octanol–water partition coefficient (Wildman–Crippen LogP) is 4.28. The summed E-state index contributed by atoms with van der Waals surface area (Å²) in [6.45, 7) is 4.20. The van der Waals surface area contributed by atoms with E-state index >= 15 is 0 Å². The van der Waals surface area contributed by atoms with E-state index in [0.29, 0.717) is 11.5 Å². The standard InChI is InChI=1S/C20H18BrNO3/c1-11(2)12-3-5-13(6-4-12)17-16(19(24)20(25)22-17)18(23)14-7-9-15(21)10-8-14/h3-11,17,23H,1-2H3,(H,22,25)/t17-/m0/s1. The summed E-state index contributed by atoms with van der Waals surface area (Å²) in [5.41, 5.74) is 2.51. The summed E-state index contributed by atoms with van der Waals surface area (Å²) in [6.07, 6.45) is 0. The molecule has 128 valence electrons. The lowest BCUT2D eigenvalue weighted by Crippen LogP contribution is -2.21. The van der Waals surface area contributed by atoms with Crippen molar-refractivity contribution in [2.24, 2.45) is 0 Å². The Morgan fingerprint density at radius 3 is 2.20 bits per heavy atom. The molecule has 1 fully saturated rings. The van der Waals surface area contributed by atoms with Gasteiger partial charge in [0.2, 0.25) is 0 Å². The number of halogens is 1. The lowest BCUT2D eigenvalue weighted by molar-refractivity contribution is -0.133. The zero-order valence-corrected chi connectivity index (χ0v) is 15.5. The van der Waals surface area contributed by atoms with Crippen LogP contribution in [0.25, 0.3) is 5.76 Å². The molecule has 0 bridgehead atoms. The molecule has 0 spiro atoms. The molecular weight excluding hydrogens is 382 g/mol. The van der Waals surface area contributed by atoms with Crippen molar-refractivity contribution in [2.45, 2.75) is 25.8 Å². The summed E-state index contributed by atoms with van der Waals surface area (Å²) in [5.74, 6) is -1.18. The monoisotopic (exact) mass is 399 g/mol. The van der Waals surface area contributed by atoms with Gasteiger partial charge < -0.3 is 10.4 Å². The molecule has 0 radical (unpaired) electrons. The maximum atomic E-state index is 12.3. The fourth-order valence-corrected chi connectivity index (χ4v) is 3.12. The minimum absolute atomic E-state index is 0.0876. The van der Waals surface area contributed by atoms with E-state index in [1.54, 1.807) is 24.3 Å². The third kappa shape index (κ3) is 3.37. The minimum Gasteiger partial charge on any atom is -0.507 e. The molecule has 4 nitrogen and oxygen atoms in total. The molecule has 0 saturated carbocycles. The molecule has 3 rings (SSSR count). The molecule has 2 aromatic rings. The van der Waals surface area contributed by atoms with E-state index in [1.165, 1.54) is 5.56 Å². The molecule has 5 heteroatoms. The molecule has 1 aliphatic rings. The van der Waals surface area contributed by atoms with Crippen LogP contribution in [0.3, 0.4) is 0 Å². The first-order valence-electron chi connectivity index (χ1n) is 8.02. The molecule has 1 aliphatic heterocycles. The maximum Gasteiger partial charge on any atom is 0.293 e. The Hall–Kier alpha value is -2.40. The lowest BCUT2D eigenvalue weighted by atomic mass is 9.94. The number of amides is 1. The number of carbonyl (C=O) groups excluding carboxylic acids is 2. The van der Waals surface area contributed by atoms with Gasteiger partial charge in [0.05, 0.1) is 11.6 Å². The second kappa shape index (κ2) is 6.84. The van der Waals surface area contributed by atoms with E-state index in [2.05, 4.69) is 35.1 Å². The Labute approximate surface area is 154 Å². The topological polar surface area (TPSA) is 66.4 Å². The fourth-order valence-electron chi connectivity index (χ4n) is 2.85. The molecule has 2 N–H and O–H groups in total. The van der Waals surface area contributed by atoms with Crippen LogP contribution in [0.4, 0.5) is 0 Å². The summed E-state index contributed by atoms with van der Waals surface area (Å²) < 4.78 is 0.863. The Bertz CT molecular complexity index is 852. The van der Waals surface area contributed by atoms with Crippen molar-refractivity contribution in [1.82, 2.24) is 5.32 Å². The average Bonchev–Trinajstić information content (AvgIpc) is 2.90. The number of ketones is 1. The van der Waals surface area contributed by atoms with E-state index in [1.807, 2.05) is 24.3 Å². The van der Waals surface area contributed by atoms with Crippen molar-refractivity contribution in [3.05, 3.63) is 75.3 Å². The van der Waals surface area contributed by atoms with Gasteiger partial charge in [0.15, 0.2) is 0 Å². The normalized spacial score (nSPS) is 19.3. The highest BCUT2D eigenvalue weighted by atomic mass is 79.9. The van der Waals surface area contributed by atoms with E-state index in [-0.39, 0.29) is 11.3 Å². The molecular formula is C20H18BrNO3. The van der Waals surface area contributed by atoms with E-state index in [9.17, 15) is 14.7 Å². The van der Waals surface area contributed by atoms with Crippen molar-refractivity contribution < 1.29 is 14.7 Å². The molecule has 1 atom stereocenters. The van der Waals surface area contributed by atoms with Crippen LogP contribution in [-0.2, 0) is 9.59 Å². The first-order valence-corrected chi connectivity index (χ1v) is 8.82. The molecule has 0 aromatic heterocycles. The van der Waals surface area contributed by atoms with Gasteiger partial charge in [-0.25, -0.2) is 0 Å². The minimum atomic E-state index is -0.698. The van der Waals surface area contributed by atoms with E-state index in [4.69, 9.17) is 0 Å². The van der Waals surface area contributed by atoms with E-state index < -0.39 is 17.7 Å². The van der Waals surface area contributed by atoms with Gasteiger partial charge in [-0.05, 0) is 29.2 Å². The largest absolute Gasteiger partial charge is 0.507 e. The van der Waals surface area contributed by atoms with Crippen LogP contribution >= 0.6 is 15.9 Å². The highest BCUT2D eigenvalue weighted by Crippen LogP contribution is 2.33. The van der Waals surface area contributed by atoms with Gasteiger partial charge in [0.1, 0.15) is 5.76 Å². The number of hydrogen-bond donors (Lipinski definition) is 2. The number of benzene rings is 2. The van der Waals surface area contributed by atoms with Gasteiger partial charge in [-0.2, -0.15) is 0 Å². The second-order valence-electron chi connectivity index (χ2n) is 6.33.